The molecule has 0 amide bonds. The van der Waals surface area contributed by atoms with Crippen molar-refractivity contribution >= 4 is 5.69 Å². The van der Waals surface area contributed by atoms with Gasteiger partial charge in [-0.3, -0.25) is 4.68 Å². The molecule has 2 N–H and O–H groups in total. The Morgan fingerprint density at radius 3 is 2.53 bits per heavy atom. The van der Waals surface area contributed by atoms with E-state index in [9.17, 15) is 0 Å². The van der Waals surface area contributed by atoms with Crippen molar-refractivity contribution < 1.29 is 0 Å². The number of rotatable bonds is 1. The van der Waals surface area contributed by atoms with Crippen molar-refractivity contribution in [3.63, 3.8) is 0 Å². The summed E-state index contributed by atoms with van der Waals surface area (Å²) in [6, 6.07) is 0.443. The third kappa shape index (κ3) is 1.44. The normalized spacial score (nSPS) is 34.8. The maximum absolute atomic E-state index is 6.18. The van der Waals surface area contributed by atoms with Gasteiger partial charge in [0.1, 0.15) is 0 Å². The zero-order valence-corrected chi connectivity index (χ0v) is 9.13. The van der Waals surface area contributed by atoms with Gasteiger partial charge in [-0.2, -0.15) is 5.10 Å². The molecule has 2 atom stereocenters. The Morgan fingerprint density at radius 1 is 1.33 bits per heavy atom. The fraction of sp³-hybridized carbons (Fsp3) is 0.727. The van der Waals surface area contributed by atoms with Crippen LogP contribution in [0.3, 0.4) is 0 Å². The highest BCUT2D eigenvalue weighted by molar-refractivity contribution is 5.43. The van der Waals surface area contributed by atoms with E-state index in [-0.39, 0.29) is 0 Å². The predicted molar refractivity (Wildman–Crippen MR) is 59.6 cm³/mol. The number of aromatic nitrogens is 2. The van der Waals surface area contributed by atoms with Crippen LogP contribution >= 0.6 is 0 Å². The molecular weight excluding hydrogens is 188 g/mol. The molecule has 0 aromatic carbocycles. The van der Waals surface area contributed by atoms with Crippen molar-refractivity contribution in [2.45, 2.75) is 18.9 Å². The molecule has 82 valence electrons. The van der Waals surface area contributed by atoms with Crippen molar-refractivity contribution in [2.24, 2.45) is 24.6 Å². The molecule has 3 rings (SSSR count). The molecule has 1 aromatic rings. The average molecular weight is 206 g/mol. The summed E-state index contributed by atoms with van der Waals surface area (Å²) >= 11 is 0. The number of nitrogens with two attached hydrogens (primary N) is 1. The minimum atomic E-state index is 0.443. The second-order valence-corrected chi connectivity index (χ2v) is 4.95. The molecule has 4 nitrogen and oxygen atoms in total. The first kappa shape index (κ1) is 9.21. The van der Waals surface area contributed by atoms with Crippen LogP contribution in [0.4, 0.5) is 5.69 Å². The van der Waals surface area contributed by atoms with Crippen molar-refractivity contribution in [1.29, 1.82) is 0 Å². The third-order valence-corrected chi connectivity index (χ3v) is 3.96. The van der Waals surface area contributed by atoms with Crippen molar-refractivity contribution in [1.82, 2.24) is 9.78 Å². The summed E-state index contributed by atoms with van der Waals surface area (Å²) in [5, 5.41) is 4.23. The lowest BCUT2D eigenvalue weighted by Gasteiger charge is -2.36. The number of hydrogen-bond acceptors (Lipinski definition) is 3. The smallest absolute Gasteiger partial charge is 0.0752 e. The van der Waals surface area contributed by atoms with Gasteiger partial charge in [-0.1, -0.05) is 0 Å². The van der Waals surface area contributed by atoms with Gasteiger partial charge in [-0.15, -0.1) is 0 Å². The molecule has 0 spiro atoms. The molecule has 1 aliphatic carbocycles. The molecule has 2 aliphatic rings. The zero-order chi connectivity index (χ0) is 10.4. The maximum Gasteiger partial charge on any atom is 0.0752 e. The van der Waals surface area contributed by atoms with E-state index < -0.39 is 0 Å². The number of piperidine rings is 1. The van der Waals surface area contributed by atoms with E-state index in [1.54, 1.807) is 0 Å². The first-order valence-electron chi connectivity index (χ1n) is 5.73. The number of anilines is 1. The van der Waals surface area contributed by atoms with Crippen LogP contribution in [0.1, 0.15) is 12.8 Å². The molecule has 4 heteroatoms. The lowest BCUT2D eigenvalue weighted by molar-refractivity contribution is 0.356. The quantitative estimate of drug-likeness (QED) is 0.731. The second-order valence-electron chi connectivity index (χ2n) is 4.95. The Kier molecular flexibility index (Phi) is 1.99. The first-order chi connectivity index (χ1) is 7.24. The summed E-state index contributed by atoms with van der Waals surface area (Å²) in [4.78, 5) is 2.44. The number of aryl methyl sites for hydroxylation is 1. The van der Waals surface area contributed by atoms with Crippen molar-refractivity contribution in [3.05, 3.63) is 12.4 Å². The van der Waals surface area contributed by atoms with E-state index in [1.165, 1.54) is 18.5 Å². The van der Waals surface area contributed by atoms with Gasteiger partial charge in [-0.25, -0.2) is 0 Å². The topological polar surface area (TPSA) is 47.1 Å². The van der Waals surface area contributed by atoms with Crippen LogP contribution in [-0.2, 0) is 7.05 Å². The third-order valence-electron chi connectivity index (χ3n) is 3.96. The summed E-state index contributed by atoms with van der Waals surface area (Å²) in [6.07, 6.45) is 6.66. The average Bonchev–Trinajstić information content (AvgIpc) is 2.70. The van der Waals surface area contributed by atoms with Crippen molar-refractivity contribution in [3.8, 4) is 0 Å². The highest BCUT2D eigenvalue weighted by Crippen LogP contribution is 2.37. The highest BCUT2D eigenvalue weighted by atomic mass is 15.3. The van der Waals surface area contributed by atoms with Crippen LogP contribution < -0.4 is 10.6 Å². The standard InChI is InChI=1S/C11H18N4/c1-14-7-10(4-13-14)15-5-8-2-3-9(6-15)11(8)12/h4,7-9,11H,2-3,5-6,12H2,1H3. The summed E-state index contributed by atoms with van der Waals surface area (Å²) in [6.45, 7) is 2.23. The monoisotopic (exact) mass is 206 g/mol. The Morgan fingerprint density at radius 2 is 2.00 bits per heavy atom. The minimum Gasteiger partial charge on any atom is -0.368 e. The summed E-state index contributed by atoms with van der Waals surface area (Å²) < 4.78 is 1.87. The zero-order valence-electron chi connectivity index (χ0n) is 9.13. The van der Waals surface area contributed by atoms with Crippen LogP contribution in [-0.4, -0.2) is 28.9 Å². The lowest BCUT2D eigenvalue weighted by Crippen LogP contribution is -2.48. The molecule has 1 saturated carbocycles. The molecular formula is C11H18N4. The van der Waals surface area contributed by atoms with Gasteiger partial charge in [0.15, 0.2) is 0 Å². The number of nitrogens with zero attached hydrogens (tertiary/aromatic N) is 3. The van der Waals surface area contributed by atoms with E-state index in [4.69, 9.17) is 5.73 Å². The second kappa shape index (κ2) is 3.23. The van der Waals surface area contributed by atoms with Gasteiger partial charge in [0, 0.05) is 32.4 Å². The summed E-state index contributed by atoms with van der Waals surface area (Å²) in [5.74, 6) is 1.40. The molecule has 1 aromatic heterocycles. The van der Waals surface area contributed by atoms with Crippen LogP contribution in [0.25, 0.3) is 0 Å². The van der Waals surface area contributed by atoms with Gasteiger partial charge in [0.05, 0.1) is 11.9 Å². The van der Waals surface area contributed by atoms with Crippen LogP contribution in [0.2, 0.25) is 0 Å². The summed E-state index contributed by atoms with van der Waals surface area (Å²) in [5.41, 5.74) is 7.43. The molecule has 2 fully saturated rings. The largest absolute Gasteiger partial charge is 0.368 e. The Bertz CT molecular complexity index is 345. The first-order valence-corrected chi connectivity index (χ1v) is 5.73. The van der Waals surface area contributed by atoms with Crippen molar-refractivity contribution in [2.75, 3.05) is 18.0 Å². The molecule has 15 heavy (non-hydrogen) atoms. The van der Waals surface area contributed by atoms with Crippen LogP contribution in [0.5, 0.6) is 0 Å². The van der Waals surface area contributed by atoms with Gasteiger partial charge < -0.3 is 10.6 Å². The maximum atomic E-state index is 6.18. The van der Waals surface area contributed by atoms with E-state index in [0.29, 0.717) is 17.9 Å². The molecule has 2 bridgehead atoms. The summed E-state index contributed by atoms with van der Waals surface area (Å²) in [7, 11) is 1.97. The van der Waals surface area contributed by atoms with E-state index in [1.807, 2.05) is 17.9 Å². The highest BCUT2D eigenvalue weighted by Gasteiger charge is 2.39. The Labute approximate surface area is 90.0 Å². The fourth-order valence-corrected chi connectivity index (χ4v) is 3.05. The number of fused-ring (bicyclic) bond motifs is 2. The van der Waals surface area contributed by atoms with Crippen LogP contribution in [0, 0.1) is 11.8 Å². The predicted octanol–water partition coefficient (Wildman–Crippen LogP) is 0.594. The molecule has 0 radical (unpaired) electrons. The fourth-order valence-electron chi connectivity index (χ4n) is 3.05. The van der Waals surface area contributed by atoms with Gasteiger partial charge in [-0.05, 0) is 24.7 Å². The minimum absolute atomic E-state index is 0.443. The molecule has 1 aliphatic heterocycles. The van der Waals surface area contributed by atoms with Gasteiger partial charge >= 0.3 is 0 Å². The number of hydrogen-bond donors (Lipinski definition) is 1. The lowest BCUT2D eigenvalue weighted by atomic mass is 9.93. The van der Waals surface area contributed by atoms with E-state index >= 15 is 0 Å². The Balaban J connectivity index is 1.80. The van der Waals surface area contributed by atoms with E-state index in [2.05, 4.69) is 16.2 Å². The molecule has 2 unspecified atom stereocenters. The van der Waals surface area contributed by atoms with Gasteiger partial charge in [0.25, 0.3) is 0 Å². The molecule has 2 heterocycles. The molecule has 1 saturated heterocycles. The Hall–Kier alpha value is -1.03. The SMILES string of the molecule is Cn1cc(N2CC3CCC(C2)C3N)cn1. The van der Waals surface area contributed by atoms with Crippen LogP contribution in [0.15, 0.2) is 12.4 Å². The van der Waals surface area contributed by atoms with Gasteiger partial charge in [0.2, 0.25) is 0 Å². The van der Waals surface area contributed by atoms with E-state index in [0.717, 1.165) is 13.1 Å².